The largest absolute Gasteiger partial charge is 1.00 e. The van der Waals surface area contributed by atoms with Gasteiger partial charge in [-0.3, -0.25) is 0 Å². The van der Waals surface area contributed by atoms with Crippen LogP contribution >= 0.6 is 0 Å². The second kappa shape index (κ2) is 15.6. The van der Waals surface area contributed by atoms with Gasteiger partial charge in [0, 0.05) is 0 Å². The van der Waals surface area contributed by atoms with Gasteiger partial charge in [-0.25, -0.2) is 0 Å². The zero-order chi connectivity index (χ0) is 35.2. The van der Waals surface area contributed by atoms with Gasteiger partial charge in [-0.2, -0.15) is 0 Å². The molecule has 0 saturated heterocycles. The Morgan fingerprint density at radius 2 is 0.891 bits per heavy atom. The minimum absolute atomic E-state index is 0. The molecule has 0 aromatic heterocycles. The molecule has 0 radical (unpaired) electrons. The van der Waals surface area contributed by atoms with E-state index < -0.39 is 19.3 Å². The van der Waals surface area contributed by atoms with Crippen molar-refractivity contribution in [1.29, 1.82) is 0 Å². The first-order valence-corrected chi connectivity index (χ1v) is 24.2. The third-order valence-corrected chi connectivity index (χ3v) is 22.9. The summed E-state index contributed by atoms with van der Waals surface area (Å²) in [6.45, 7) is 0. The monoisotopic (exact) mass is 822 g/mol. The van der Waals surface area contributed by atoms with Crippen LogP contribution in [0.5, 0.6) is 0 Å². The number of hydrogen-bond acceptors (Lipinski definition) is 0. The first-order valence-electron chi connectivity index (χ1n) is 18.7. The van der Waals surface area contributed by atoms with Crippen molar-refractivity contribution in [2.45, 2.75) is 10.0 Å². The molecule has 2 aliphatic rings. The fourth-order valence-electron chi connectivity index (χ4n) is 9.09. The summed E-state index contributed by atoms with van der Waals surface area (Å²) in [6, 6.07) is 67.8. The van der Waals surface area contributed by atoms with Crippen molar-refractivity contribution in [3.63, 3.8) is 0 Å². The number of hydrogen-bond donors (Lipinski definition) is 0. The molecule has 264 valence electrons. The van der Waals surface area contributed by atoms with Crippen molar-refractivity contribution in [1.82, 2.24) is 0 Å². The van der Waals surface area contributed by atoms with E-state index in [-0.39, 0.29) is 28.4 Å². The van der Waals surface area contributed by atoms with Crippen LogP contribution in [0.3, 0.4) is 0 Å². The average molecular weight is 825 g/mol. The predicted molar refractivity (Wildman–Crippen MR) is 225 cm³/mol. The van der Waals surface area contributed by atoms with Crippen molar-refractivity contribution in [3.8, 4) is 33.4 Å². The summed E-state index contributed by atoms with van der Waals surface area (Å²) in [5.74, 6) is 0. The maximum Gasteiger partial charge on any atom is -1.00 e. The molecule has 0 fully saturated rings. The van der Waals surface area contributed by atoms with Crippen LogP contribution in [0, 0.1) is 0 Å². The van der Waals surface area contributed by atoms with Gasteiger partial charge >= 0.3 is 317 Å². The minimum atomic E-state index is -3.93. The van der Waals surface area contributed by atoms with Gasteiger partial charge in [0.15, 0.2) is 0 Å². The molecule has 0 N–H and O–H groups in total. The molecular formula is C52H38Cl2Zr. The number of benzene rings is 8. The third-order valence-electron chi connectivity index (χ3n) is 11.5. The third kappa shape index (κ3) is 6.49. The first-order chi connectivity index (χ1) is 26.3. The second-order valence-corrected chi connectivity index (χ2v) is 23.4. The fourth-order valence-corrected chi connectivity index (χ4v) is 21.5. The molecule has 2 aliphatic carbocycles. The molecule has 1 atom stereocenters. The molecule has 55 heavy (non-hydrogen) atoms. The van der Waals surface area contributed by atoms with E-state index in [2.05, 4.69) is 208 Å². The van der Waals surface area contributed by atoms with Crippen molar-refractivity contribution in [2.24, 2.45) is 0 Å². The van der Waals surface area contributed by atoms with E-state index in [4.69, 9.17) is 0 Å². The van der Waals surface area contributed by atoms with Crippen LogP contribution in [0.1, 0.15) is 32.3 Å². The predicted octanol–water partition coefficient (Wildman–Crippen LogP) is 7.10. The fraction of sp³-hybridized carbons (Fsp3) is 0.0385. The summed E-state index contributed by atoms with van der Waals surface area (Å²) in [5.41, 5.74) is 13.4. The Bertz CT molecular complexity index is 2760. The van der Waals surface area contributed by atoms with Crippen LogP contribution in [-0.4, -0.2) is 7.42 Å². The molecule has 3 heteroatoms. The molecule has 0 bridgehead atoms. The molecule has 0 amide bonds. The molecule has 0 spiro atoms. The number of fused-ring (bicyclic) bond motifs is 8. The first kappa shape index (κ1) is 36.9. The van der Waals surface area contributed by atoms with Crippen molar-refractivity contribution >= 4 is 29.0 Å². The van der Waals surface area contributed by atoms with E-state index in [0.29, 0.717) is 0 Å². The Hall–Kier alpha value is -5.04. The van der Waals surface area contributed by atoms with Gasteiger partial charge in [0.1, 0.15) is 0 Å². The summed E-state index contributed by atoms with van der Waals surface area (Å²) in [5, 5.41) is 5.42. The second-order valence-electron chi connectivity index (χ2n) is 14.4. The Labute approximate surface area is 339 Å². The molecule has 0 heterocycles. The Balaban J connectivity index is 0.00000214. The van der Waals surface area contributed by atoms with Crippen LogP contribution < -0.4 is 24.8 Å². The summed E-state index contributed by atoms with van der Waals surface area (Å²) >= 11 is -3.93. The van der Waals surface area contributed by atoms with Crippen molar-refractivity contribution < 1.29 is 44.1 Å². The van der Waals surface area contributed by atoms with Crippen LogP contribution in [0.25, 0.3) is 54.9 Å². The molecule has 0 saturated carbocycles. The normalized spacial score (nSPS) is 13.5. The SMILES string of the molecule is C1=CC[C]([Zr+2](=[CH]c2ccc(-c3ccccc3)cc2)(=[CH]c2ccc(-c3ccccc3)cc2)[CH]2c3ccccc3-c3c2c2ccccc2c2ccccc32)=C1.[Cl-].[Cl-]. The maximum atomic E-state index is 2.79. The van der Waals surface area contributed by atoms with Crippen molar-refractivity contribution in [2.75, 3.05) is 0 Å². The Morgan fingerprint density at radius 3 is 1.44 bits per heavy atom. The average Bonchev–Trinajstić information content (AvgIpc) is 3.91. The smallest absolute Gasteiger partial charge is 1.00 e. The van der Waals surface area contributed by atoms with Gasteiger partial charge in [0.2, 0.25) is 0 Å². The minimum Gasteiger partial charge on any atom is -1.00 e. The number of halogens is 2. The Kier molecular flexibility index (Phi) is 10.5. The van der Waals surface area contributed by atoms with Crippen LogP contribution in [-0.2, 0) is 19.3 Å². The van der Waals surface area contributed by atoms with Gasteiger partial charge in [-0.15, -0.1) is 0 Å². The molecule has 0 nitrogen and oxygen atoms in total. The van der Waals surface area contributed by atoms with E-state index in [1.54, 1.807) is 3.28 Å². The van der Waals surface area contributed by atoms with E-state index in [0.717, 1.165) is 6.42 Å². The van der Waals surface area contributed by atoms with E-state index in [9.17, 15) is 0 Å². The molecule has 8 aromatic rings. The van der Waals surface area contributed by atoms with Crippen LogP contribution in [0.2, 0.25) is 0 Å². The number of rotatable bonds is 6. The van der Waals surface area contributed by atoms with E-state index in [1.165, 1.54) is 77.2 Å². The standard InChI is InChI=1S/C21H13.2C13H10.C5H5.2ClH.Zr/c1-2-8-15-14(7-1)13-20-18-11-4-3-9-16(18)17-10-5-6-12-19(17)21(15)20;2*1-11-7-9-13(10-8-11)12-5-3-2-4-6-12;1-2-4-5-3-1;;;/h1-13H;2*1-10H;1-3H,4H2;2*1H;/q;;;;;;+2/p-2. The van der Waals surface area contributed by atoms with Crippen molar-refractivity contribution in [3.05, 3.63) is 226 Å². The molecule has 10 rings (SSSR count). The molecule has 1 unspecified atom stereocenters. The van der Waals surface area contributed by atoms with Crippen LogP contribution in [0.4, 0.5) is 0 Å². The maximum absolute atomic E-state index is 3.93. The summed E-state index contributed by atoms with van der Waals surface area (Å²) in [4.78, 5) is 0. The Morgan fingerprint density at radius 1 is 0.436 bits per heavy atom. The van der Waals surface area contributed by atoms with E-state index >= 15 is 0 Å². The topological polar surface area (TPSA) is 0 Å². The van der Waals surface area contributed by atoms with E-state index in [1.807, 2.05) is 0 Å². The van der Waals surface area contributed by atoms with Gasteiger partial charge in [-0.1, -0.05) is 0 Å². The van der Waals surface area contributed by atoms with Crippen LogP contribution in [0.15, 0.2) is 204 Å². The summed E-state index contributed by atoms with van der Waals surface area (Å²) in [6.07, 6.45) is 8.15. The van der Waals surface area contributed by atoms with Gasteiger partial charge in [0.05, 0.1) is 0 Å². The molecular weight excluding hydrogens is 787 g/mol. The number of allylic oxidation sites excluding steroid dienone is 4. The van der Waals surface area contributed by atoms with Gasteiger partial charge in [-0.05, 0) is 0 Å². The van der Waals surface area contributed by atoms with Gasteiger partial charge < -0.3 is 24.8 Å². The molecule has 0 aliphatic heterocycles. The molecule has 8 aromatic carbocycles. The zero-order valence-corrected chi connectivity index (χ0v) is 34.2. The zero-order valence-electron chi connectivity index (χ0n) is 30.2. The quantitative estimate of drug-likeness (QED) is 0.157. The van der Waals surface area contributed by atoms with Gasteiger partial charge in [0.25, 0.3) is 0 Å². The summed E-state index contributed by atoms with van der Waals surface area (Å²) in [7, 11) is 0. The summed E-state index contributed by atoms with van der Waals surface area (Å²) < 4.78 is 7.43.